The summed E-state index contributed by atoms with van der Waals surface area (Å²) in [7, 11) is 1.99. The lowest BCUT2D eigenvalue weighted by atomic mass is 10.0. The topological polar surface area (TPSA) is 56.7 Å². The Balaban J connectivity index is 2.00. The van der Waals surface area contributed by atoms with Crippen LogP contribution >= 0.6 is 0 Å². The molecule has 0 unspecified atom stereocenters. The van der Waals surface area contributed by atoms with Gasteiger partial charge >= 0.3 is 0 Å². The van der Waals surface area contributed by atoms with Crippen molar-refractivity contribution in [2.75, 3.05) is 5.73 Å². The van der Waals surface area contributed by atoms with E-state index < -0.39 is 0 Å². The molecule has 0 saturated heterocycles. The van der Waals surface area contributed by atoms with Crippen molar-refractivity contribution in [1.82, 2.24) is 14.5 Å². The molecule has 0 amide bonds. The van der Waals surface area contributed by atoms with Crippen molar-refractivity contribution in [3.05, 3.63) is 66.7 Å². The zero-order chi connectivity index (χ0) is 16.7. The van der Waals surface area contributed by atoms with E-state index in [2.05, 4.69) is 26.7 Å². The number of aryl methyl sites for hydroxylation is 1. The smallest absolute Gasteiger partial charge is 0.220 e. The number of hydrogen-bond acceptors (Lipinski definition) is 3. The van der Waals surface area contributed by atoms with Crippen LogP contribution in [0.3, 0.4) is 0 Å². The predicted octanol–water partition coefficient (Wildman–Crippen LogP) is 4.02. The summed E-state index contributed by atoms with van der Waals surface area (Å²) in [6.45, 7) is 0. The molecule has 0 aliphatic heterocycles. The van der Waals surface area contributed by atoms with E-state index in [-0.39, 0.29) is 11.8 Å². The highest BCUT2D eigenvalue weighted by Crippen LogP contribution is 2.35. The summed E-state index contributed by atoms with van der Waals surface area (Å²) in [5.74, 6) is -0.0642. The second-order valence-corrected chi connectivity index (χ2v) is 5.67. The van der Waals surface area contributed by atoms with Gasteiger partial charge in [-0.25, -0.2) is 14.4 Å². The molecule has 0 radical (unpaired) electrons. The first-order valence-corrected chi connectivity index (χ1v) is 7.56. The summed E-state index contributed by atoms with van der Waals surface area (Å²) in [6.07, 6.45) is 3.71. The molecule has 0 atom stereocenters. The molecule has 2 aromatic carbocycles. The van der Waals surface area contributed by atoms with Crippen molar-refractivity contribution in [1.29, 1.82) is 0 Å². The summed E-state index contributed by atoms with van der Waals surface area (Å²) < 4.78 is 15.3. The number of hydrogen-bond donors (Lipinski definition) is 1. The minimum Gasteiger partial charge on any atom is -0.368 e. The molecule has 0 aliphatic carbocycles. The van der Waals surface area contributed by atoms with Crippen LogP contribution in [0.1, 0.15) is 0 Å². The largest absolute Gasteiger partial charge is 0.368 e. The van der Waals surface area contributed by atoms with Crippen LogP contribution in [0.2, 0.25) is 0 Å². The van der Waals surface area contributed by atoms with E-state index in [1.54, 1.807) is 18.3 Å². The first kappa shape index (κ1) is 14.4. The van der Waals surface area contributed by atoms with Crippen LogP contribution in [0.15, 0.2) is 60.9 Å². The van der Waals surface area contributed by atoms with E-state index in [1.165, 1.54) is 12.1 Å². The van der Waals surface area contributed by atoms with Crippen LogP contribution in [0.4, 0.5) is 10.3 Å². The van der Waals surface area contributed by atoms with Gasteiger partial charge in [0.15, 0.2) is 0 Å². The monoisotopic (exact) mass is 318 g/mol. The highest BCUT2D eigenvalue weighted by atomic mass is 19.1. The molecule has 0 saturated carbocycles. The predicted molar refractivity (Wildman–Crippen MR) is 93.8 cm³/mol. The van der Waals surface area contributed by atoms with Gasteiger partial charge in [0, 0.05) is 41.5 Å². The zero-order valence-electron chi connectivity index (χ0n) is 13.1. The van der Waals surface area contributed by atoms with Gasteiger partial charge in [0.1, 0.15) is 5.82 Å². The molecule has 2 N–H and O–H groups in total. The van der Waals surface area contributed by atoms with Crippen molar-refractivity contribution in [2.24, 2.45) is 7.05 Å². The van der Waals surface area contributed by atoms with E-state index in [4.69, 9.17) is 5.73 Å². The summed E-state index contributed by atoms with van der Waals surface area (Å²) in [4.78, 5) is 8.58. The Hall–Kier alpha value is -3.21. The number of rotatable bonds is 2. The molecule has 4 aromatic rings. The van der Waals surface area contributed by atoms with E-state index in [0.29, 0.717) is 0 Å². The Bertz CT molecular complexity index is 1040. The fourth-order valence-electron chi connectivity index (χ4n) is 2.97. The van der Waals surface area contributed by atoms with Gasteiger partial charge in [0.25, 0.3) is 0 Å². The molecule has 0 fully saturated rings. The van der Waals surface area contributed by atoms with Gasteiger partial charge in [-0.1, -0.05) is 30.3 Å². The standard InChI is InChI=1S/C19H15FN4/c1-24-11-16(14-4-2-3-5-17(14)24)18-15(10-22-19(21)23-18)12-6-8-13(20)9-7-12/h2-11H,1H3,(H2,21,22,23). The maximum Gasteiger partial charge on any atom is 0.220 e. The second-order valence-electron chi connectivity index (χ2n) is 5.67. The Kier molecular flexibility index (Phi) is 3.27. The maximum absolute atomic E-state index is 13.2. The summed E-state index contributed by atoms with van der Waals surface area (Å²) in [5.41, 5.74) is 10.3. The highest BCUT2D eigenvalue weighted by molar-refractivity contribution is 5.98. The Morgan fingerprint density at radius 3 is 2.54 bits per heavy atom. The van der Waals surface area contributed by atoms with Crippen LogP contribution in [-0.2, 0) is 7.05 Å². The SMILES string of the molecule is Cn1cc(-c2nc(N)ncc2-c2ccc(F)cc2)c2ccccc21. The third-order valence-electron chi connectivity index (χ3n) is 4.11. The van der Waals surface area contributed by atoms with Gasteiger partial charge in [-0.05, 0) is 23.8 Å². The fraction of sp³-hybridized carbons (Fsp3) is 0.0526. The Labute approximate surface area is 138 Å². The Morgan fingerprint density at radius 2 is 1.75 bits per heavy atom. The van der Waals surface area contributed by atoms with Gasteiger partial charge in [-0.15, -0.1) is 0 Å². The van der Waals surface area contributed by atoms with Gasteiger partial charge in [0.2, 0.25) is 5.95 Å². The number of anilines is 1. The number of nitrogen functional groups attached to an aromatic ring is 1. The molecule has 0 aliphatic rings. The first-order chi connectivity index (χ1) is 11.6. The van der Waals surface area contributed by atoms with E-state index in [0.717, 1.165) is 33.3 Å². The first-order valence-electron chi connectivity index (χ1n) is 7.56. The molecule has 5 heteroatoms. The van der Waals surface area contributed by atoms with Crippen LogP contribution in [0.5, 0.6) is 0 Å². The van der Waals surface area contributed by atoms with E-state index >= 15 is 0 Å². The third-order valence-corrected chi connectivity index (χ3v) is 4.11. The summed E-state index contributed by atoms with van der Waals surface area (Å²) in [6, 6.07) is 14.4. The minimum absolute atomic E-state index is 0.212. The van der Waals surface area contributed by atoms with Crippen LogP contribution in [0.25, 0.3) is 33.3 Å². The molecule has 4 rings (SSSR count). The van der Waals surface area contributed by atoms with Gasteiger partial charge in [-0.2, -0.15) is 0 Å². The summed E-state index contributed by atoms with van der Waals surface area (Å²) in [5, 5.41) is 1.08. The number of halogens is 1. The second kappa shape index (κ2) is 5.45. The molecule has 118 valence electrons. The fourth-order valence-corrected chi connectivity index (χ4v) is 2.97. The average Bonchev–Trinajstić information content (AvgIpc) is 2.93. The van der Waals surface area contributed by atoms with E-state index in [1.807, 2.05) is 25.4 Å². The molecular formula is C19H15FN4. The van der Waals surface area contributed by atoms with Gasteiger partial charge in [-0.3, -0.25) is 0 Å². The molecular weight excluding hydrogens is 303 g/mol. The van der Waals surface area contributed by atoms with Gasteiger partial charge < -0.3 is 10.3 Å². The summed E-state index contributed by atoms with van der Waals surface area (Å²) >= 11 is 0. The molecule has 0 spiro atoms. The lowest BCUT2D eigenvalue weighted by Crippen LogP contribution is -1.98. The number of para-hydroxylation sites is 1. The molecule has 0 bridgehead atoms. The Morgan fingerprint density at radius 1 is 1.00 bits per heavy atom. The number of nitrogens with zero attached hydrogens (tertiary/aromatic N) is 3. The van der Waals surface area contributed by atoms with Crippen LogP contribution < -0.4 is 5.73 Å². The quantitative estimate of drug-likeness (QED) is 0.607. The number of fused-ring (bicyclic) bond motifs is 1. The molecule has 4 nitrogen and oxygen atoms in total. The van der Waals surface area contributed by atoms with Crippen molar-refractivity contribution in [2.45, 2.75) is 0 Å². The van der Waals surface area contributed by atoms with Crippen molar-refractivity contribution in [3.8, 4) is 22.4 Å². The molecule has 2 heterocycles. The molecule has 24 heavy (non-hydrogen) atoms. The molecule has 2 aromatic heterocycles. The number of benzene rings is 2. The lowest BCUT2D eigenvalue weighted by molar-refractivity contribution is 0.628. The van der Waals surface area contributed by atoms with Crippen LogP contribution in [-0.4, -0.2) is 14.5 Å². The van der Waals surface area contributed by atoms with Crippen molar-refractivity contribution < 1.29 is 4.39 Å². The minimum atomic E-state index is -0.276. The highest BCUT2D eigenvalue weighted by Gasteiger charge is 2.15. The average molecular weight is 318 g/mol. The van der Waals surface area contributed by atoms with Crippen molar-refractivity contribution >= 4 is 16.9 Å². The van der Waals surface area contributed by atoms with Gasteiger partial charge in [0.05, 0.1) is 5.69 Å². The maximum atomic E-state index is 13.2. The number of aromatic nitrogens is 3. The lowest BCUT2D eigenvalue weighted by Gasteiger charge is -2.09. The zero-order valence-corrected chi connectivity index (χ0v) is 13.1. The third kappa shape index (κ3) is 2.31. The van der Waals surface area contributed by atoms with Crippen molar-refractivity contribution in [3.63, 3.8) is 0 Å². The number of nitrogens with two attached hydrogens (primary N) is 1. The normalized spacial score (nSPS) is 11.1. The van der Waals surface area contributed by atoms with E-state index in [9.17, 15) is 4.39 Å². The van der Waals surface area contributed by atoms with Crippen LogP contribution in [0, 0.1) is 5.82 Å².